The van der Waals surface area contributed by atoms with Gasteiger partial charge in [0.2, 0.25) is 0 Å². The van der Waals surface area contributed by atoms with E-state index in [0.717, 1.165) is 12.1 Å². The summed E-state index contributed by atoms with van der Waals surface area (Å²) in [6, 6.07) is 15.4. The van der Waals surface area contributed by atoms with Gasteiger partial charge in [0.1, 0.15) is 27.8 Å². The Morgan fingerprint density at radius 2 is 1.00 bits per heavy atom. The molecule has 0 N–H and O–H groups in total. The highest BCUT2D eigenvalue weighted by atomic mass is 19.4. The van der Waals surface area contributed by atoms with Crippen LogP contribution in [0, 0.1) is 46.5 Å². The first-order valence-electron chi connectivity index (χ1n) is 17.6. The van der Waals surface area contributed by atoms with Gasteiger partial charge in [0, 0.05) is 52.8 Å². The van der Waals surface area contributed by atoms with Crippen molar-refractivity contribution in [1.29, 1.82) is 0 Å². The molecule has 0 spiro atoms. The number of alkyl halides is 6. The van der Waals surface area contributed by atoms with Crippen LogP contribution in [0.4, 0.5) is 67.2 Å². The Hall–Kier alpha value is -6.85. The van der Waals surface area contributed by atoms with Crippen molar-refractivity contribution in [1.82, 2.24) is 4.98 Å². The van der Waals surface area contributed by atoms with Crippen molar-refractivity contribution in [3.8, 4) is 33.4 Å². The number of para-hydroxylation sites is 2. The van der Waals surface area contributed by atoms with E-state index in [1.54, 1.807) is 42.3 Å². The molecule has 310 valence electrons. The van der Waals surface area contributed by atoms with E-state index in [1.165, 1.54) is 36.5 Å². The van der Waals surface area contributed by atoms with E-state index in [4.69, 9.17) is 8.83 Å². The summed E-state index contributed by atoms with van der Waals surface area (Å²) >= 11 is 0. The van der Waals surface area contributed by atoms with Crippen molar-refractivity contribution in [3.05, 3.63) is 148 Å². The predicted molar refractivity (Wildman–Crippen MR) is 194 cm³/mol. The van der Waals surface area contributed by atoms with Crippen LogP contribution in [0.5, 0.6) is 0 Å². The van der Waals surface area contributed by atoms with Gasteiger partial charge in [-0.3, -0.25) is 4.98 Å². The lowest BCUT2D eigenvalue weighted by atomic mass is 9.95. The Bertz CT molecular complexity index is 3140. The number of anilines is 1. The molecule has 0 unspecified atom stereocenters. The highest BCUT2D eigenvalue weighted by Crippen LogP contribution is 2.49. The van der Waals surface area contributed by atoms with Gasteiger partial charge in [-0.1, -0.05) is 54.6 Å². The minimum atomic E-state index is -5.75. The first-order chi connectivity index (χ1) is 28.8. The molecule has 3 aromatic heterocycles. The topological polar surface area (TPSA) is 42.4 Å². The zero-order valence-corrected chi connectivity index (χ0v) is 30.2. The molecule has 4 heterocycles. The smallest absolute Gasteiger partial charge is 0.422 e. The number of nitrogens with zero attached hydrogens (tertiary/aromatic N) is 2. The van der Waals surface area contributed by atoms with Crippen molar-refractivity contribution in [2.75, 3.05) is 18.5 Å². The lowest BCUT2D eigenvalue weighted by Gasteiger charge is -2.24. The summed E-state index contributed by atoms with van der Waals surface area (Å²) in [5.41, 5.74) is -7.85. The van der Waals surface area contributed by atoms with Crippen molar-refractivity contribution in [2.24, 2.45) is 0 Å². The number of hydrogen-bond donors (Lipinski definition) is 0. The second kappa shape index (κ2) is 13.6. The molecule has 0 radical (unpaired) electrons. The Morgan fingerprint density at radius 3 is 1.51 bits per heavy atom. The van der Waals surface area contributed by atoms with E-state index >= 15 is 17.6 Å². The normalized spacial score (nSPS) is 13.5. The van der Waals surface area contributed by atoms with E-state index in [1.807, 2.05) is 0 Å². The lowest BCUT2D eigenvalue weighted by Crippen LogP contribution is -2.21. The molecule has 0 saturated carbocycles. The fourth-order valence-electron chi connectivity index (χ4n) is 7.69. The molecule has 0 saturated heterocycles. The molecule has 5 aromatic carbocycles. The van der Waals surface area contributed by atoms with Crippen LogP contribution in [0.2, 0.25) is 0 Å². The molecule has 4 nitrogen and oxygen atoms in total. The van der Waals surface area contributed by atoms with Crippen LogP contribution >= 0.6 is 0 Å². The van der Waals surface area contributed by atoms with Gasteiger partial charge in [0.05, 0.1) is 16.8 Å². The number of hydrogen-bond acceptors (Lipinski definition) is 4. The van der Waals surface area contributed by atoms with Gasteiger partial charge in [-0.2, -0.15) is 26.3 Å². The van der Waals surface area contributed by atoms with Gasteiger partial charge in [-0.05, 0) is 29.3 Å². The van der Waals surface area contributed by atoms with Crippen LogP contribution in [0.25, 0.3) is 72.0 Å². The summed E-state index contributed by atoms with van der Waals surface area (Å²) in [6.45, 7) is 0.245. The van der Waals surface area contributed by atoms with E-state index < -0.39 is 92.3 Å². The maximum atomic E-state index is 15.2. The first kappa shape index (κ1) is 39.6. The second-order valence-corrected chi connectivity index (χ2v) is 13.9. The molecular weight excluding hydrogens is 842 g/mol. The van der Waals surface area contributed by atoms with Gasteiger partial charge < -0.3 is 13.7 Å². The number of benzene rings is 5. The first-order valence-corrected chi connectivity index (χ1v) is 17.6. The fraction of sp³-hybridized carbons (Fsp3) is 0.0930. The Kier molecular flexibility index (Phi) is 8.82. The molecule has 0 aliphatic carbocycles. The molecule has 8 aromatic rings. The zero-order chi connectivity index (χ0) is 43.6. The number of pyridine rings is 1. The Morgan fingerprint density at radius 1 is 0.525 bits per heavy atom. The second-order valence-electron chi connectivity index (χ2n) is 13.9. The van der Waals surface area contributed by atoms with Crippen LogP contribution in [-0.4, -0.2) is 18.6 Å². The summed E-state index contributed by atoms with van der Waals surface area (Å²) < 4.78 is 212. The van der Waals surface area contributed by atoms with Crippen molar-refractivity contribution < 1.29 is 70.3 Å². The number of fused-ring (bicyclic) bond motifs is 6. The summed E-state index contributed by atoms with van der Waals surface area (Å²) in [5.74, 6) is -19.6. The maximum Gasteiger partial charge on any atom is 0.422 e. The largest absolute Gasteiger partial charge is 0.453 e. The molecule has 0 atom stereocenters. The fourth-order valence-corrected chi connectivity index (χ4v) is 7.69. The third kappa shape index (κ3) is 5.85. The molecule has 61 heavy (non-hydrogen) atoms. The van der Waals surface area contributed by atoms with Crippen LogP contribution in [0.3, 0.4) is 0 Å². The molecule has 18 heteroatoms. The number of halogens is 14. The van der Waals surface area contributed by atoms with Crippen LogP contribution in [-0.2, 0) is 12.4 Å². The zero-order valence-electron chi connectivity index (χ0n) is 30.2. The lowest BCUT2D eigenvalue weighted by molar-refractivity contribution is -0.144. The number of aromatic nitrogens is 1. The maximum absolute atomic E-state index is 15.2. The highest BCUT2D eigenvalue weighted by molar-refractivity contribution is 6.11. The minimum absolute atomic E-state index is 0.0209. The number of likely N-dealkylation sites (N-methyl/N-ethyl adjacent to an activating group) is 1. The number of furan rings is 2. The molecule has 0 bridgehead atoms. The SMILES string of the molecule is CN1CC=C(c2ccc(-c3ccnc4c3oc3c(-c5c(F)c(F)c(C(F)(F)F)c(F)c5F)cccc34)cc2)c2oc3c(-c4c(F)c(F)c(C(F)(F)F)c(F)c4F)cccc3c21. The molecule has 9 rings (SSSR count). The van der Waals surface area contributed by atoms with E-state index in [0.29, 0.717) is 28.0 Å². The van der Waals surface area contributed by atoms with E-state index in [2.05, 4.69) is 4.98 Å². The van der Waals surface area contributed by atoms with E-state index in [9.17, 15) is 43.9 Å². The molecule has 0 amide bonds. The summed E-state index contributed by atoms with van der Waals surface area (Å²) in [4.78, 5) is 5.97. The van der Waals surface area contributed by atoms with Gasteiger partial charge in [0.25, 0.3) is 0 Å². The summed E-state index contributed by atoms with van der Waals surface area (Å²) in [5, 5.41) is 0.307. The van der Waals surface area contributed by atoms with Crippen molar-refractivity contribution in [3.63, 3.8) is 0 Å². The number of rotatable bonds is 4. The summed E-state index contributed by atoms with van der Waals surface area (Å²) in [7, 11) is 1.65. The molecule has 1 aliphatic rings. The quantitative estimate of drug-likeness (QED) is 0.131. The van der Waals surface area contributed by atoms with Crippen LogP contribution in [0.1, 0.15) is 22.5 Å². The standard InChI is InChI=1S/C43H18F14N2O2/c1-59-15-13-19(41-37(59)23-7-3-5-21(39(23)61-41)25-30(46)34(50)27(43(55,56)57)35(51)31(25)47)17-10-8-16(9-11-17)18-12-14-58-36-22-6-2-4-20(38(22)60-40(18)36)24-28(44)32(48)26(42(52,53)54)33(49)29(24)45/h2-14H,15H2,1H3. The average molecular weight is 861 g/mol. The molecular formula is C43H18F14N2O2. The average Bonchev–Trinajstić information content (AvgIpc) is 3.80. The van der Waals surface area contributed by atoms with E-state index in [-0.39, 0.29) is 45.3 Å². The third-order valence-electron chi connectivity index (χ3n) is 10.4. The monoisotopic (exact) mass is 860 g/mol. The Balaban J connectivity index is 1.13. The van der Waals surface area contributed by atoms with Gasteiger partial charge >= 0.3 is 12.4 Å². The third-order valence-corrected chi connectivity index (χ3v) is 10.4. The van der Waals surface area contributed by atoms with Gasteiger partial charge in [-0.25, -0.2) is 35.1 Å². The van der Waals surface area contributed by atoms with Crippen LogP contribution < -0.4 is 4.90 Å². The highest BCUT2D eigenvalue weighted by Gasteiger charge is 2.44. The van der Waals surface area contributed by atoms with Crippen LogP contribution in [0.15, 0.2) is 87.8 Å². The van der Waals surface area contributed by atoms with Crippen molar-refractivity contribution >= 4 is 44.3 Å². The van der Waals surface area contributed by atoms with Gasteiger partial charge in [0.15, 0.2) is 57.9 Å². The molecule has 1 aliphatic heterocycles. The Labute approximate surface area is 331 Å². The van der Waals surface area contributed by atoms with Crippen molar-refractivity contribution in [2.45, 2.75) is 12.4 Å². The molecule has 0 fully saturated rings. The predicted octanol–water partition coefficient (Wildman–Crippen LogP) is 13.8. The van der Waals surface area contributed by atoms with Gasteiger partial charge in [-0.15, -0.1) is 0 Å². The summed E-state index contributed by atoms with van der Waals surface area (Å²) in [6.07, 6.45) is -8.40. The minimum Gasteiger partial charge on any atom is -0.453 e.